The third-order valence-electron chi connectivity index (χ3n) is 5.32. The highest BCUT2D eigenvalue weighted by Crippen LogP contribution is 2.34. The molecule has 0 atom stereocenters. The number of esters is 1. The number of nitrogens with zero attached hydrogens (tertiary/aromatic N) is 5. The number of hydrogen-bond acceptors (Lipinski definition) is 9. The van der Waals surface area contributed by atoms with Crippen molar-refractivity contribution in [3.8, 4) is 0 Å². The molecule has 0 saturated carbocycles. The van der Waals surface area contributed by atoms with E-state index in [4.69, 9.17) is 4.74 Å². The van der Waals surface area contributed by atoms with E-state index in [0.29, 0.717) is 24.3 Å². The van der Waals surface area contributed by atoms with Gasteiger partial charge >= 0.3 is 11.7 Å². The zero-order valence-corrected chi connectivity index (χ0v) is 18.2. The highest BCUT2D eigenvalue weighted by Gasteiger charge is 2.29. The molecule has 1 aliphatic rings. The third kappa shape index (κ3) is 5.00. The van der Waals surface area contributed by atoms with E-state index in [0.717, 1.165) is 18.8 Å². The van der Waals surface area contributed by atoms with Crippen LogP contribution in [-0.4, -0.2) is 53.6 Å². The minimum atomic E-state index is -0.476. The summed E-state index contributed by atoms with van der Waals surface area (Å²) < 4.78 is 5.02. The number of anilines is 4. The molecule has 33 heavy (non-hydrogen) atoms. The quantitative estimate of drug-likeness (QED) is 0.329. The van der Waals surface area contributed by atoms with Crippen LogP contribution in [0.5, 0.6) is 0 Å². The first-order chi connectivity index (χ1) is 16.1. The van der Waals surface area contributed by atoms with Gasteiger partial charge in [-0.3, -0.25) is 10.1 Å². The standard InChI is InChI=1S/C23H24N6O4/c1-2-33-23(30)17-7-6-8-18(15-17)26-21-20(29(31)32)22(25-16-24-21)28-13-11-27(12-14-28)19-9-4-3-5-10-19/h3-10,15-16H,2,11-14H2,1H3,(H,24,25,26). The first kappa shape index (κ1) is 22.0. The molecule has 170 valence electrons. The van der Waals surface area contributed by atoms with Crippen molar-refractivity contribution in [2.75, 3.05) is 47.9 Å². The van der Waals surface area contributed by atoms with Gasteiger partial charge in [0.1, 0.15) is 6.33 Å². The predicted molar refractivity (Wildman–Crippen MR) is 125 cm³/mol. The van der Waals surface area contributed by atoms with Crippen molar-refractivity contribution in [3.63, 3.8) is 0 Å². The maximum atomic E-state index is 12.0. The van der Waals surface area contributed by atoms with Gasteiger partial charge in [-0.2, -0.15) is 0 Å². The summed E-state index contributed by atoms with van der Waals surface area (Å²) in [5.41, 5.74) is 1.75. The minimum Gasteiger partial charge on any atom is -0.462 e. The lowest BCUT2D eigenvalue weighted by Crippen LogP contribution is -2.47. The molecule has 0 bridgehead atoms. The fraction of sp³-hybridized carbons (Fsp3) is 0.261. The van der Waals surface area contributed by atoms with Gasteiger partial charge in [-0.15, -0.1) is 0 Å². The Morgan fingerprint density at radius 2 is 1.79 bits per heavy atom. The first-order valence-electron chi connectivity index (χ1n) is 10.7. The van der Waals surface area contributed by atoms with Crippen molar-refractivity contribution < 1.29 is 14.5 Å². The molecule has 2 heterocycles. The third-order valence-corrected chi connectivity index (χ3v) is 5.32. The smallest absolute Gasteiger partial charge is 0.353 e. The van der Waals surface area contributed by atoms with Gasteiger partial charge in [0, 0.05) is 37.6 Å². The molecule has 2 aromatic carbocycles. The number of carbonyl (C=O) groups excluding carboxylic acids is 1. The molecule has 10 heteroatoms. The summed E-state index contributed by atoms with van der Waals surface area (Å²) in [5, 5.41) is 15.0. The van der Waals surface area contributed by atoms with Crippen molar-refractivity contribution in [3.05, 3.63) is 76.6 Å². The number of ether oxygens (including phenoxy) is 1. The summed E-state index contributed by atoms with van der Waals surface area (Å²) in [6, 6.07) is 16.6. The van der Waals surface area contributed by atoms with Crippen LogP contribution in [0, 0.1) is 10.1 Å². The van der Waals surface area contributed by atoms with Crippen molar-refractivity contribution in [1.29, 1.82) is 0 Å². The molecular weight excluding hydrogens is 424 g/mol. The van der Waals surface area contributed by atoms with Crippen LogP contribution in [0.2, 0.25) is 0 Å². The van der Waals surface area contributed by atoms with Gasteiger partial charge in [0.2, 0.25) is 11.6 Å². The number of para-hydroxylation sites is 1. The fourth-order valence-corrected chi connectivity index (χ4v) is 3.75. The Balaban J connectivity index is 1.55. The molecule has 1 saturated heterocycles. The van der Waals surface area contributed by atoms with Gasteiger partial charge in [-0.05, 0) is 37.3 Å². The van der Waals surface area contributed by atoms with E-state index in [-0.39, 0.29) is 23.9 Å². The van der Waals surface area contributed by atoms with E-state index >= 15 is 0 Å². The molecule has 1 N–H and O–H groups in total. The van der Waals surface area contributed by atoms with E-state index in [2.05, 4.69) is 32.3 Å². The van der Waals surface area contributed by atoms with Gasteiger partial charge < -0.3 is 19.9 Å². The van der Waals surface area contributed by atoms with Crippen molar-refractivity contribution >= 4 is 34.7 Å². The molecule has 0 unspecified atom stereocenters. The highest BCUT2D eigenvalue weighted by atomic mass is 16.6. The summed E-state index contributed by atoms with van der Waals surface area (Å²) in [6.45, 7) is 4.60. The number of nitro groups is 1. The van der Waals surface area contributed by atoms with Crippen molar-refractivity contribution in [2.24, 2.45) is 0 Å². The van der Waals surface area contributed by atoms with E-state index in [1.165, 1.54) is 6.33 Å². The van der Waals surface area contributed by atoms with E-state index in [9.17, 15) is 14.9 Å². The number of benzene rings is 2. The van der Waals surface area contributed by atoms with Gasteiger partial charge in [-0.25, -0.2) is 14.8 Å². The Bertz CT molecular complexity index is 1130. The summed E-state index contributed by atoms with van der Waals surface area (Å²) in [4.78, 5) is 36.0. The van der Waals surface area contributed by atoms with Crippen LogP contribution in [-0.2, 0) is 4.74 Å². The number of carbonyl (C=O) groups is 1. The maximum absolute atomic E-state index is 12.0. The summed E-state index contributed by atoms with van der Waals surface area (Å²) in [6.07, 6.45) is 1.31. The second kappa shape index (κ2) is 9.94. The zero-order valence-electron chi connectivity index (χ0n) is 18.2. The predicted octanol–water partition coefficient (Wildman–Crippen LogP) is 3.63. The fourth-order valence-electron chi connectivity index (χ4n) is 3.75. The van der Waals surface area contributed by atoms with Crippen LogP contribution < -0.4 is 15.1 Å². The van der Waals surface area contributed by atoms with Crippen LogP contribution in [0.3, 0.4) is 0 Å². The van der Waals surface area contributed by atoms with E-state index < -0.39 is 10.9 Å². The summed E-state index contributed by atoms with van der Waals surface area (Å²) in [7, 11) is 0. The lowest BCUT2D eigenvalue weighted by Gasteiger charge is -2.36. The Kier molecular flexibility index (Phi) is 6.63. The van der Waals surface area contributed by atoms with Crippen LogP contribution in [0.4, 0.5) is 28.7 Å². The molecule has 4 rings (SSSR count). The lowest BCUT2D eigenvalue weighted by atomic mass is 10.2. The normalized spacial score (nSPS) is 13.5. The topological polar surface area (TPSA) is 114 Å². The van der Waals surface area contributed by atoms with Crippen molar-refractivity contribution in [1.82, 2.24) is 9.97 Å². The second-order valence-corrected chi connectivity index (χ2v) is 7.39. The number of rotatable bonds is 7. The molecule has 1 fully saturated rings. The highest BCUT2D eigenvalue weighted by molar-refractivity contribution is 5.91. The Morgan fingerprint density at radius 3 is 2.48 bits per heavy atom. The van der Waals surface area contributed by atoms with E-state index in [1.807, 2.05) is 23.1 Å². The van der Waals surface area contributed by atoms with Gasteiger partial charge in [0.25, 0.3) is 0 Å². The molecule has 10 nitrogen and oxygen atoms in total. The molecule has 1 aromatic heterocycles. The molecule has 0 spiro atoms. The van der Waals surface area contributed by atoms with Gasteiger partial charge in [0.05, 0.1) is 17.1 Å². The molecule has 0 aliphatic carbocycles. The van der Waals surface area contributed by atoms with Crippen LogP contribution >= 0.6 is 0 Å². The molecular formula is C23H24N6O4. The second-order valence-electron chi connectivity index (χ2n) is 7.39. The Labute approximate surface area is 191 Å². The lowest BCUT2D eigenvalue weighted by molar-refractivity contribution is -0.383. The van der Waals surface area contributed by atoms with Gasteiger partial charge in [-0.1, -0.05) is 24.3 Å². The molecule has 0 radical (unpaired) electrons. The number of piperazine rings is 1. The van der Waals surface area contributed by atoms with Crippen LogP contribution in [0.15, 0.2) is 60.9 Å². The Hall–Kier alpha value is -4.21. The van der Waals surface area contributed by atoms with E-state index in [1.54, 1.807) is 31.2 Å². The summed E-state index contributed by atoms with van der Waals surface area (Å²) in [5.74, 6) is -0.126. The monoisotopic (exact) mass is 448 g/mol. The maximum Gasteiger partial charge on any atom is 0.353 e. The zero-order chi connectivity index (χ0) is 23.2. The molecule has 1 aliphatic heterocycles. The first-order valence-corrected chi connectivity index (χ1v) is 10.7. The number of nitrogens with one attached hydrogen (secondary N) is 1. The SMILES string of the molecule is CCOC(=O)c1cccc(Nc2ncnc(N3CCN(c4ccccc4)CC3)c2[N+](=O)[O-])c1. The Morgan fingerprint density at radius 1 is 1.06 bits per heavy atom. The van der Waals surface area contributed by atoms with Gasteiger partial charge in [0.15, 0.2) is 0 Å². The van der Waals surface area contributed by atoms with Crippen molar-refractivity contribution in [2.45, 2.75) is 6.92 Å². The number of hydrogen-bond donors (Lipinski definition) is 1. The molecule has 3 aromatic rings. The average molecular weight is 448 g/mol. The summed E-state index contributed by atoms with van der Waals surface area (Å²) >= 11 is 0. The molecule has 0 amide bonds. The number of aromatic nitrogens is 2. The van der Waals surface area contributed by atoms with Crippen LogP contribution in [0.1, 0.15) is 17.3 Å². The minimum absolute atomic E-state index is 0.0662. The van der Waals surface area contributed by atoms with Crippen LogP contribution in [0.25, 0.3) is 0 Å². The average Bonchev–Trinajstić information content (AvgIpc) is 2.85. The largest absolute Gasteiger partial charge is 0.462 e.